The third-order valence-corrected chi connectivity index (χ3v) is 6.29. The number of amides is 1. The molecule has 2 saturated heterocycles. The first kappa shape index (κ1) is 18.4. The van der Waals surface area contributed by atoms with Crippen LogP contribution in [0.25, 0.3) is 0 Å². The Labute approximate surface area is 152 Å². The molecular weight excluding hydrogens is 310 g/mol. The molecule has 138 valence electrons. The van der Waals surface area contributed by atoms with E-state index in [9.17, 15) is 4.79 Å². The van der Waals surface area contributed by atoms with Crippen molar-refractivity contribution < 1.29 is 4.79 Å². The smallest absolute Gasteiger partial charge is 0.221 e. The van der Waals surface area contributed by atoms with Crippen LogP contribution in [0.15, 0.2) is 30.3 Å². The molecule has 4 nitrogen and oxygen atoms in total. The zero-order valence-electron chi connectivity index (χ0n) is 15.8. The number of nitrogens with zero attached hydrogens (tertiary/aromatic N) is 2. The topological polar surface area (TPSA) is 35.6 Å². The van der Waals surface area contributed by atoms with Gasteiger partial charge in [0.1, 0.15) is 0 Å². The monoisotopic (exact) mass is 343 g/mol. The molecule has 3 rings (SSSR count). The van der Waals surface area contributed by atoms with Crippen LogP contribution in [0.4, 0.5) is 0 Å². The summed E-state index contributed by atoms with van der Waals surface area (Å²) in [4.78, 5) is 16.6. The molecule has 2 fully saturated rings. The third-order valence-electron chi connectivity index (χ3n) is 6.29. The number of benzene rings is 1. The molecule has 1 spiro atoms. The summed E-state index contributed by atoms with van der Waals surface area (Å²) in [6.45, 7) is 9.05. The van der Waals surface area contributed by atoms with Crippen LogP contribution in [0.1, 0.15) is 44.1 Å². The Kier molecular flexibility index (Phi) is 6.13. The highest BCUT2D eigenvalue weighted by Gasteiger charge is 2.41. The number of piperidine rings is 2. The minimum Gasteiger partial charge on any atom is -0.359 e. The summed E-state index contributed by atoms with van der Waals surface area (Å²) >= 11 is 0. The van der Waals surface area contributed by atoms with E-state index in [1.54, 1.807) is 7.05 Å². The Morgan fingerprint density at radius 3 is 2.56 bits per heavy atom. The number of likely N-dealkylation sites (N-methyl/N-ethyl adjacent to an activating group) is 1. The van der Waals surface area contributed by atoms with E-state index in [2.05, 4.69) is 52.4 Å². The maximum Gasteiger partial charge on any atom is 0.221 e. The van der Waals surface area contributed by atoms with Crippen molar-refractivity contribution in [2.24, 2.45) is 5.41 Å². The predicted octanol–water partition coefficient (Wildman–Crippen LogP) is 2.71. The molecule has 0 aliphatic carbocycles. The van der Waals surface area contributed by atoms with E-state index in [0.717, 1.165) is 26.2 Å². The van der Waals surface area contributed by atoms with Crippen LogP contribution in [-0.2, 0) is 4.79 Å². The van der Waals surface area contributed by atoms with Gasteiger partial charge in [-0.3, -0.25) is 4.79 Å². The van der Waals surface area contributed by atoms with Gasteiger partial charge in [-0.25, -0.2) is 0 Å². The fourth-order valence-corrected chi connectivity index (χ4v) is 4.69. The second kappa shape index (κ2) is 8.33. The largest absolute Gasteiger partial charge is 0.359 e. The number of nitrogens with one attached hydrogen (secondary N) is 1. The SMILES string of the molecule is CCN1CC(c2ccccc2)CC2(CCN(CCC(=O)NC)CC2)C1. The average molecular weight is 344 g/mol. The zero-order valence-corrected chi connectivity index (χ0v) is 15.8. The van der Waals surface area contributed by atoms with Crippen molar-refractivity contribution in [3.63, 3.8) is 0 Å². The number of rotatable bonds is 5. The molecule has 0 radical (unpaired) electrons. The summed E-state index contributed by atoms with van der Waals surface area (Å²) in [6.07, 6.45) is 4.47. The first-order chi connectivity index (χ1) is 12.1. The summed E-state index contributed by atoms with van der Waals surface area (Å²) < 4.78 is 0. The summed E-state index contributed by atoms with van der Waals surface area (Å²) in [7, 11) is 1.72. The second-order valence-electron chi connectivity index (χ2n) is 7.90. The number of hydrogen-bond donors (Lipinski definition) is 1. The van der Waals surface area contributed by atoms with Gasteiger partial charge < -0.3 is 15.1 Å². The molecule has 1 unspecified atom stereocenters. The molecule has 0 saturated carbocycles. The predicted molar refractivity (Wildman–Crippen MR) is 103 cm³/mol. The molecule has 4 heteroatoms. The Morgan fingerprint density at radius 2 is 1.92 bits per heavy atom. The van der Waals surface area contributed by atoms with Crippen LogP contribution in [-0.4, -0.2) is 62.0 Å². The lowest BCUT2D eigenvalue weighted by Crippen LogP contribution is -2.51. The van der Waals surface area contributed by atoms with Crippen molar-refractivity contribution in [2.75, 3.05) is 46.3 Å². The van der Waals surface area contributed by atoms with Crippen molar-refractivity contribution >= 4 is 5.91 Å². The van der Waals surface area contributed by atoms with Crippen molar-refractivity contribution in [1.29, 1.82) is 0 Å². The summed E-state index contributed by atoms with van der Waals surface area (Å²) in [5, 5.41) is 2.73. The highest BCUT2D eigenvalue weighted by Crippen LogP contribution is 2.44. The molecular formula is C21H33N3O. The van der Waals surface area contributed by atoms with Crippen molar-refractivity contribution in [2.45, 2.75) is 38.5 Å². The number of carbonyl (C=O) groups is 1. The van der Waals surface area contributed by atoms with Crippen molar-refractivity contribution in [3.05, 3.63) is 35.9 Å². The van der Waals surface area contributed by atoms with E-state index in [-0.39, 0.29) is 5.91 Å². The van der Waals surface area contributed by atoms with Crippen LogP contribution >= 0.6 is 0 Å². The van der Waals surface area contributed by atoms with Gasteiger partial charge >= 0.3 is 0 Å². The molecule has 1 aromatic rings. The highest BCUT2D eigenvalue weighted by molar-refractivity contribution is 5.75. The molecule has 1 N–H and O–H groups in total. The maximum atomic E-state index is 11.5. The lowest BCUT2D eigenvalue weighted by Gasteiger charge is -2.50. The number of hydrogen-bond acceptors (Lipinski definition) is 3. The van der Waals surface area contributed by atoms with Gasteiger partial charge in [0.2, 0.25) is 5.91 Å². The molecule has 2 heterocycles. The Morgan fingerprint density at radius 1 is 1.20 bits per heavy atom. The summed E-state index contributed by atoms with van der Waals surface area (Å²) in [6, 6.07) is 11.1. The Hall–Kier alpha value is -1.39. The fraction of sp³-hybridized carbons (Fsp3) is 0.667. The van der Waals surface area contributed by atoms with E-state index in [1.807, 2.05) is 0 Å². The minimum absolute atomic E-state index is 0.152. The standard InChI is InChI=1S/C21H33N3O/c1-3-23-16-19(18-7-5-4-6-8-18)15-21(17-23)10-13-24(14-11-21)12-9-20(25)22-2/h4-8,19H,3,9-17H2,1-2H3,(H,22,25). The van der Waals surface area contributed by atoms with E-state index in [4.69, 9.17) is 0 Å². The molecule has 1 amide bonds. The van der Waals surface area contributed by atoms with Crippen LogP contribution in [0.2, 0.25) is 0 Å². The van der Waals surface area contributed by atoms with Gasteiger partial charge in [-0.1, -0.05) is 37.3 Å². The zero-order chi connectivity index (χ0) is 17.7. The second-order valence-corrected chi connectivity index (χ2v) is 7.90. The van der Waals surface area contributed by atoms with Gasteiger partial charge in [0.25, 0.3) is 0 Å². The van der Waals surface area contributed by atoms with E-state index in [1.165, 1.54) is 37.9 Å². The summed E-state index contributed by atoms with van der Waals surface area (Å²) in [5.41, 5.74) is 1.96. The minimum atomic E-state index is 0.152. The van der Waals surface area contributed by atoms with Crippen LogP contribution in [0.5, 0.6) is 0 Å². The van der Waals surface area contributed by atoms with E-state index >= 15 is 0 Å². The van der Waals surface area contributed by atoms with Crippen LogP contribution < -0.4 is 5.32 Å². The molecule has 2 aliphatic rings. The molecule has 0 aromatic heterocycles. The Bertz CT molecular complexity index is 552. The maximum absolute atomic E-state index is 11.5. The summed E-state index contributed by atoms with van der Waals surface area (Å²) in [5.74, 6) is 0.812. The normalized spacial score (nSPS) is 24.3. The number of carbonyl (C=O) groups excluding carboxylic acids is 1. The molecule has 1 aromatic carbocycles. The average Bonchev–Trinajstić information content (AvgIpc) is 2.67. The number of likely N-dealkylation sites (tertiary alicyclic amines) is 2. The van der Waals surface area contributed by atoms with Gasteiger partial charge in [0.05, 0.1) is 0 Å². The highest BCUT2D eigenvalue weighted by atomic mass is 16.1. The lowest BCUT2D eigenvalue weighted by atomic mass is 9.68. The quantitative estimate of drug-likeness (QED) is 0.893. The molecule has 0 bridgehead atoms. The van der Waals surface area contributed by atoms with Gasteiger partial charge in [0, 0.05) is 33.1 Å². The van der Waals surface area contributed by atoms with Gasteiger partial charge in [0.15, 0.2) is 0 Å². The third kappa shape index (κ3) is 4.62. The first-order valence-electron chi connectivity index (χ1n) is 9.84. The van der Waals surface area contributed by atoms with Gasteiger partial charge in [-0.05, 0) is 55.8 Å². The Balaban J connectivity index is 1.62. The van der Waals surface area contributed by atoms with Gasteiger partial charge in [-0.2, -0.15) is 0 Å². The van der Waals surface area contributed by atoms with Crippen LogP contribution in [0.3, 0.4) is 0 Å². The lowest BCUT2D eigenvalue weighted by molar-refractivity contribution is -0.121. The van der Waals surface area contributed by atoms with E-state index in [0.29, 0.717) is 17.8 Å². The first-order valence-corrected chi connectivity index (χ1v) is 9.84. The van der Waals surface area contributed by atoms with E-state index < -0.39 is 0 Å². The van der Waals surface area contributed by atoms with Crippen LogP contribution in [0, 0.1) is 5.41 Å². The van der Waals surface area contributed by atoms with Crippen molar-refractivity contribution in [3.8, 4) is 0 Å². The van der Waals surface area contributed by atoms with Gasteiger partial charge in [-0.15, -0.1) is 0 Å². The fourth-order valence-electron chi connectivity index (χ4n) is 4.69. The molecule has 1 atom stereocenters. The molecule has 25 heavy (non-hydrogen) atoms. The van der Waals surface area contributed by atoms with Crippen molar-refractivity contribution in [1.82, 2.24) is 15.1 Å². The molecule has 2 aliphatic heterocycles.